The summed E-state index contributed by atoms with van der Waals surface area (Å²) in [7, 11) is -4.06. The molecule has 0 atom stereocenters. The Morgan fingerprint density at radius 3 is 2.16 bits per heavy atom. The largest absolute Gasteiger partial charge is 0.477 e. The molecule has 1 rings (SSSR count). The van der Waals surface area contributed by atoms with Crippen molar-refractivity contribution in [3.05, 3.63) is 59.7 Å². The van der Waals surface area contributed by atoms with Gasteiger partial charge in [-0.15, -0.1) is 17.6 Å². The molecule has 0 radical (unpaired) electrons. The second-order valence-corrected chi connectivity index (χ2v) is 7.17. The van der Waals surface area contributed by atoms with Crippen molar-refractivity contribution in [3.63, 3.8) is 0 Å². The summed E-state index contributed by atoms with van der Waals surface area (Å²) in [5, 5.41) is 10.7. The Morgan fingerprint density at radius 2 is 1.76 bits per heavy atom. The van der Waals surface area contributed by atoms with Crippen LogP contribution in [-0.4, -0.2) is 25.3 Å². The van der Waals surface area contributed by atoms with Crippen molar-refractivity contribution < 1.29 is 18.1 Å². The van der Waals surface area contributed by atoms with Gasteiger partial charge in [0.25, 0.3) is 15.7 Å². The number of nitro benzene ring substituents is 1. The van der Waals surface area contributed by atoms with Gasteiger partial charge in [-0.2, -0.15) is 8.42 Å². The van der Waals surface area contributed by atoms with Gasteiger partial charge < -0.3 is 4.74 Å². The van der Waals surface area contributed by atoms with Crippen molar-refractivity contribution in [2.75, 3.05) is 0 Å². The molecule has 0 spiro atoms. The highest BCUT2D eigenvalue weighted by Crippen LogP contribution is 2.21. The number of ether oxygens (including phenoxy) is 1. The fraction of sp³-hybridized carbons (Fsp3) is 0.353. The van der Waals surface area contributed by atoms with E-state index in [0.29, 0.717) is 12.8 Å². The van der Waals surface area contributed by atoms with Crippen LogP contribution in [0.15, 0.2) is 58.9 Å². The molecular weight excluding hydrogens is 344 g/mol. The van der Waals surface area contributed by atoms with Crippen molar-refractivity contribution in [3.8, 4) is 0 Å². The van der Waals surface area contributed by atoms with Gasteiger partial charge in [-0.3, -0.25) is 10.1 Å². The fourth-order valence-electron chi connectivity index (χ4n) is 2.04. The molecule has 0 bridgehead atoms. The smallest absolute Gasteiger partial charge is 0.285 e. The van der Waals surface area contributed by atoms with Crippen LogP contribution in [0.2, 0.25) is 0 Å². The second kappa shape index (κ2) is 9.12. The molecule has 0 saturated heterocycles. The monoisotopic (exact) mass is 366 g/mol. The van der Waals surface area contributed by atoms with E-state index in [1.807, 2.05) is 0 Å². The lowest BCUT2D eigenvalue weighted by Crippen LogP contribution is -2.22. The normalized spacial score (nSPS) is 12.2. The third kappa shape index (κ3) is 6.15. The van der Waals surface area contributed by atoms with Crippen LogP contribution in [-0.2, 0) is 14.8 Å². The topological polar surface area (TPSA) is 98.9 Å². The van der Waals surface area contributed by atoms with Gasteiger partial charge in [0.1, 0.15) is 0 Å². The highest BCUT2D eigenvalue weighted by molar-refractivity contribution is 7.90. The Morgan fingerprint density at radius 1 is 1.24 bits per heavy atom. The maximum absolute atomic E-state index is 12.5. The summed E-state index contributed by atoms with van der Waals surface area (Å²) >= 11 is 0. The molecule has 0 aliphatic rings. The van der Waals surface area contributed by atoms with E-state index in [2.05, 4.69) is 17.6 Å². The average molecular weight is 366 g/mol. The maximum atomic E-state index is 12.5. The first kappa shape index (κ1) is 20.6. The van der Waals surface area contributed by atoms with Gasteiger partial charge in [0, 0.05) is 18.1 Å². The Labute approximate surface area is 147 Å². The highest BCUT2D eigenvalue weighted by atomic mass is 32.2. The molecule has 136 valence electrons. The first-order valence-electron chi connectivity index (χ1n) is 7.69. The van der Waals surface area contributed by atoms with Gasteiger partial charge in [0.15, 0.2) is 0 Å². The molecule has 0 amide bonds. The molecule has 7 nitrogen and oxygen atoms in total. The van der Waals surface area contributed by atoms with Crippen LogP contribution in [0.25, 0.3) is 0 Å². The third-order valence-corrected chi connectivity index (χ3v) is 4.45. The molecule has 0 heterocycles. The lowest BCUT2D eigenvalue weighted by Gasteiger charge is -2.19. The third-order valence-electron chi connectivity index (χ3n) is 3.16. The summed E-state index contributed by atoms with van der Waals surface area (Å²) in [6, 6.07) is 4.55. The highest BCUT2D eigenvalue weighted by Gasteiger charge is 2.22. The molecular formula is C17H22N2O5S. The van der Waals surface area contributed by atoms with Gasteiger partial charge in [-0.1, -0.05) is 12.2 Å². The Balaban J connectivity index is 3.29. The molecule has 0 fully saturated rings. The van der Waals surface area contributed by atoms with Crippen LogP contribution in [0.1, 0.15) is 26.7 Å². The molecule has 0 saturated carbocycles. The molecule has 25 heavy (non-hydrogen) atoms. The van der Waals surface area contributed by atoms with Crippen molar-refractivity contribution >= 4 is 21.6 Å². The lowest BCUT2D eigenvalue weighted by atomic mass is 10.0. The number of allylic oxidation sites excluding steroid dienone is 2. The minimum Gasteiger partial charge on any atom is -0.477 e. The van der Waals surface area contributed by atoms with E-state index in [4.69, 9.17) is 4.74 Å². The van der Waals surface area contributed by atoms with Crippen LogP contribution in [0.5, 0.6) is 0 Å². The van der Waals surface area contributed by atoms with Crippen LogP contribution in [0, 0.1) is 16.0 Å². The average Bonchev–Trinajstić information content (AvgIpc) is 2.53. The zero-order valence-corrected chi connectivity index (χ0v) is 15.1. The number of nitro groups is 1. The van der Waals surface area contributed by atoms with E-state index in [1.54, 1.807) is 26.0 Å². The number of rotatable bonds is 9. The van der Waals surface area contributed by atoms with E-state index in [0.717, 1.165) is 24.3 Å². The van der Waals surface area contributed by atoms with E-state index in [1.165, 1.54) is 0 Å². The number of hydrogen-bond donors (Lipinski definition) is 0. The predicted octanol–water partition coefficient (Wildman–Crippen LogP) is 3.88. The molecule has 0 N–H and O–H groups in total. The van der Waals surface area contributed by atoms with Crippen molar-refractivity contribution in [2.24, 2.45) is 10.3 Å². The number of non-ortho nitro benzene ring substituents is 1. The molecule has 0 aromatic heterocycles. The van der Waals surface area contributed by atoms with Crippen LogP contribution < -0.4 is 0 Å². The molecule has 1 aromatic carbocycles. The number of sulfonamides is 1. The summed E-state index contributed by atoms with van der Waals surface area (Å²) in [6.45, 7) is 10.9. The predicted molar refractivity (Wildman–Crippen MR) is 97.1 cm³/mol. The molecule has 0 aliphatic carbocycles. The van der Waals surface area contributed by atoms with Crippen molar-refractivity contribution in [1.29, 1.82) is 0 Å². The molecule has 0 unspecified atom stereocenters. The summed E-state index contributed by atoms with van der Waals surface area (Å²) in [5.41, 5.74) is -0.197. The summed E-state index contributed by atoms with van der Waals surface area (Å²) in [4.78, 5) is 9.94. The first-order chi connectivity index (χ1) is 11.7. The maximum Gasteiger partial charge on any atom is 0.285 e. The first-order valence-corrected chi connectivity index (χ1v) is 9.13. The Kier molecular flexibility index (Phi) is 7.50. The minimum absolute atomic E-state index is 0.0770. The van der Waals surface area contributed by atoms with Gasteiger partial charge >= 0.3 is 0 Å². The minimum atomic E-state index is -4.06. The zero-order valence-electron chi connectivity index (χ0n) is 14.3. The van der Waals surface area contributed by atoms with Gasteiger partial charge in [0.2, 0.25) is 5.90 Å². The summed E-state index contributed by atoms with van der Waals surface area (Å²) in [5.74, 6) is -0.224. The molecule has 1 aromatic rings. The van der Waals surface area contributed by atoms with Crippen LogP contribution in [0.3, 0.4) is 0 Å². The number of hydrogen-bond acceptors (Lipinski definition) is 5. The molecule has 8 heteroatoms. The zero-order chi connectivity index (χ0) is 19.0. The SMILES string of the molecule is C=CCC(CC=C)/C(=N/S(=O)(=O)c1ccc([N+](=O)[O-])cc1)OC(C)C. The van der Waals surface area contributed by atoms with Crippen molar-refractivity contribution in [2.45, 2.75) is 37.7 Å². The van der Waals surface area contributed by atoms with Gasteiger partial charge in [0.05, 0.1) is 15.9 Å². The van der Waals surface area contributed by atoms with Crippen LogP contribution >= 0.6 is 0 Å². The fourth-order valence-corrected chi connectivity index (χ4v) is 3.06. The number of nitrogens with zero attached hydrogens (tertiary/aromatic N) is 2. The standard InChI is InChI=1S/C17H22N2O5S/c1-5-7-14(8-6-2)17(24-13(3)4)18-25(22,23)16-11-9-15(10-12-16)19(20)21/h5-6,9-14H,1-2,7-8H2,3-4H3/b18-17-. The lowest BCUT2D eigenvalue weighted by molar-refractivity contribution is -0.384. The summed E-state index contributed by atoms with van der Waals surface area (Å²) < 4.78 is 34.5. The Bertz CT molecular complexity index is 742. The Hall–Kier alpha value is -2.48. The van der Waals surface area contributed by atoms with Crippen molar-refractivity contribution in [1.82, 2.24) is 0 Å². The second-order valence-electron chi connectivity index (χ2n) is 5.57. The number of benzene rings is 1. The molecule has 0 aliphatic heterocycles. The van der Waals surface area contributed by atoms with E-state index in [-0.39, 0.29) is 28.5 Å². The van der Waals surface area contributed by atoms with E-state index in [9.17, 15) is 18.5 Å². The van der Waals surface area contributed by atoms with Gasteiger partial charge in [-0.25, -0.2) is 0 Å². The summed E-state index contributed by atoms with van der Waals surface area (Å²) in [6.07, 6.45) is 4.02. The van der Waals surface area contributed by atoms with Gasteiger partial charge in [-0.05, 0) is 38.8 Å². The quantitative estimate of drug-likeness (QED) is 0.217. The van der Waals surface area contributed by atoms with E-state index < -0.39 is 14.9 Å². The van der Waals surface area contributed by atoms with E-state index >= 15 is 0 Å². The van der Waals surface area contributed by atoms with Crippen LogP contribution in [0.4, 0.5) is 5.69 Å².